The van der Waals surface area contributed by atoms with E-state index in [1.165, 1.54) is 0 Å². The van der Waals surface area contributed by atoms with Crippen LogP contribution in [0.25, 0.3) is 0 Å². The van der Waals surface area contributed by atoms with Gasteiger partial charge in [0.2, 0.25) is 5.78 Å². The number of carbonyl (C=O) groups excluding carboxylic acids is 2. The molecule has 0 unspecified atom stereocenters. The van der Waals surface area contributed by atoms with E-state index < -0.39 is 11.8 Å². The van der Waals surface area contributed by atoms with E-state index in [2.05, 4.69) is 0 Å². The zero-order chi connectivity index (χ0) is 11.3. The van der Waals surface area contributed by atoms with Crippen LogP contribution in [0.2, 0.25) is 0 Å². The lowest BCUT2D eigenvalue weighted by Gasteiger charge is -2.04. The topological polar surface area (TPSA) is 43.4 Å². The molecule has 0 fully saturated rings. The number of carbonyl (C=O) groups is 2. The van der Waals surface area contributed by atoms with Gasteiger partial charge < -0.3 is 4.74 Å². The highest BCUT2D eigenvalue weighted by Crippen LogP contribution is 2.10. The zero-order valence-electron chi connectivity index (χ0n) is 8.90. The van der Waals surface area contributed by atoms with E-state index in [0.29, 0.717) is 5.75 Å². The zero-order valence-corrected chi connectivity index (χ0v) is 8.90. The average molecular weight is 206 g/mol. The van der Waals surface area contributed by atoms with Crippen LogP contribution < -0.4 is 4.74 Å². The van der Waals surface area contributed by atoms with E-state index in [4.69, 9.17) is 4.74 Å². The van der Waals surface area contributed by atoms with Crippen LogP contribution >= 0.6 is 0 Å². The van der Waals surface area contributed by atoms with Crippen LogP contribution in [0.3, 0.4) is 0 Å². The van der Waals surface area contributed by atoms with Crippen LogP contribution in [0.1, 0.15) is 20.3 Å². The summed E-state index contributed by atoms with van der Waals surface area (Å²) in [5.41, 5.74) is 0. The molecule has 1 rings (SSSR count). The van der Waals surface area contributed by atoms with Crippen molar-refractivity contribution < 1.29 is 14.3 Å². The smallest absolute Gasteiger partial charge is 0.379 e. The molecule has 3 nitrogen and oxygen atoms in total. The van der Waals surface area contributed by atoms with Gasteiger partial charge in [0.25, 0.3) is 0 Å². The number of Topliss-reactive ketones (excluding diaryl/α,β-unsaturated/α-hetero) is 1. The Morgan fingerprint density at radius 2 is 1.80 bits per heavy atom. The fourth-order valence-electron chi connectivity index (χ4n) is 1.11. The summed E-state index contributed by atoms with van der Waals surface area (Å²) in [7, 11) is 0. The molecule has 0 bridgehead atoms. The average Bonchev–Trinajstić information content (AvgIpc) is 2.18. The van der Waals surface area contributed by atoms with Gasteiger partial charge in [-0.05, 0) is 18.1 Å². The molecular formula is C12H14O3. The van der Waals surface area contributed by atoms with Crippen LogP contribution in [-0.4, -0.2) is 11.8 Å². The number of ether oxygens (including phenoxy) is 1. The molecule has 15 heavy (non-hydrogen) atoms. The highest BCUT2D eigenvalue weighted by atomic mass is 16.5. The maximum absolute atomic E-state index is 11.3. The first kappa shape index (κ1) is 11.4. The molecule has 0 N–H and O–H groups in total. The highest BCUT2D eigenvalue weighted by molar-refractivity contribution is 6.34. The summed E-state index contributed by atoms with van der Waals surface area (Å²) in [6.45, 7) is 3.77. The Balaban J connectivity index is 2.53. The molecule has 0 aromatic heterocycles. The third-order valence-corrected chi connectivity index (χ3v) is 1.78. The molecule has 0 radical (unpaired) electrons. The van der Waals surface area contributed by atoms with Gasteiger partial charge in [-0.2, -0.15) is 0 Å². The van der Waals surface area contributed by atoms with Gasteiger partial charge in [0.05, 0.1) is 0 Å². The Bertz CT molecular complexity index is 341. The predicted octanol–water partition coefficient (Wildman–Crippen LogP) is 2.21. The lowest BCUT2D eigenvalue weighted by Crippen LogP contribution is -2.21. The standard InChI is InChI=1S/C12H14O3/c1-9(2)8-11(13)12(14)15-10-6-4-3-5-7-10/h3-7,9H,8H2,1-2H3. The highest BCUT2D eigenvalue weighted by Gasteiger charge is 2.17. The third kappa shape index (κ3) is 3.94. The molecule has 0 aliphatic heterocycles. The molecule has 0 amide bonds. The van der Waals surface area contributed by atoms with E-state index in [-0.39, 0.29) is 12.3 Å². The van der Waals surface area contributed by atoms with Gasteiger partial charge in [0.15, 0.2) is 0 Å². The first-order valence-corrected chi connectivity index (χ1v) is 4.89. The SMILES string of the molecule is CC(C)CC(=O)C(=O)Oc1ccccc1. The molecule has 1 aromatic carbocycles. The van der Waals surface area contributed by atoms with Gasteiger partial charge in [-0.3, -0.25) is 4.79 Å². The van der Waals surface area contributed by atoms with Crippen LogP contribution in [-0.2, 0) is 9.59 Å². The van der Waals surface area contributed by atoms with Crippen molar-refractivity contribution in [2.24, 2.45) is 5.92 Å². The monoisotopic (exact) mass is 206 g/mol. The lowest BCUT2D eigenvalue weighted by molar-refractivity contribution is -0.147. The fraction of sp³-hybridized carbons (Fsp3) is 0.333. The van der Waals surface area contributed by atoms with Gasteiger partial charge >= 0.3 is 5.97 Å². The summed E-state index contributed by atoms with van der Waals surface area (Å²) in [5, 5.41) is 0. The largest absolute Gasteiger partial charge is 0.421 e. The number of benzene rings is 1. The first-order valence-electron chi connectivity index (χ1n) is 4.89. The fourth-order valence-corrected chi connectivity index (χ4v) is 1.11. The minimum atomic E-state index is -0.782. The van der Waals surface area contributed by atoms with Crippen molar-refractivity contribution in [3.05, 3.63) is 30.3 Å². The summed E-state index contributed by atoms with van der Waals surface area (Å²) in [4.78, 5) is 22.6. The molecule has 3 heteroatoms. The van der Waals surface area contributed by atoms with E-state index in [0.717, 1.165) is 0 Å². The van der Waals surface area contributed by atoms with Crippen molar-refractivity contribution in [2.75, 3.05) is 0 Å². The molecule has 0 atom stereocenters. The van der Waals surface area contributed by atoms with Crippen molar-refractivity contribution in [3.63, 3.8) is 0 Å². The van der Waals surface area contributed by atoms with Gasteiger partial charge in [0, 0.05) is 6.42 Å². The molecule has 0 saturated heterocycles. The van der Waals surface area contributed by atoms with Gasteiger partial charge in [-0.15, -0.1) is 0 Å². The Labute approximate surface area is 89.1 Å². The third-order valence-electron chi connectivity index (χ3n) is 1.78. The number of esters is 1. The summed E-state index contributed by atoms with van der Waals surface area (Å²) < 4.78 is 4.89. The Kier molecular flexibility index (Phi) is 4.03. The second kappa shape index (κ2) is 5.29. The number of ketones is 1. The summed E-state index contributed by atoms with van der Waals surface area (Å²) >= 11 is 0. The van der Waals surface area contributed by atoms with Gasteiger partial charge in [-0.25, -0.2) is 4.79 Å². The molecule has 0 spiro atoms. The number of hydrogen-bond acceptors (Lipinski definition) is 3. The summed E-state index contributed by atoms with van der Waals surface area (Å²) in [5.74, 6) is -0.691. The quantitative estimate of drug-likeness (QED) is 0.431. The number of rotatable bonds is 4. The Morgan fingerprint density at radius 1 is 1.20 bits per heavy atom. The minimum absolute atomic E-state index is 0.167. The van der Waals surface area contributed by atoms with Gasteiger partial charge in [-0.1, -0.05) is 32.0 Å². The normalized spacial score (nSPS) is 10.1. The lowest BCUT2D eigenvalue weighted by atomic mass is 10.1. The maximum atomic E-state index is 11.3. The summed E-state index contributed by atoms with van der Waals surface area (Å²) in [6, 6.07) is 8.58. The minimum Gasteiger partial charge on any atom is -0.421 e. The molecule has 0 aliphatic rings. The number of hydrogen-bond donors (Lipinski definition) is 0. The van der Waals surface area contributed by atoms with E-state index >= 15 is 0 Å². The second-order valence-electron chi connectivity index (χ2n) is 3.72. The van der Waals surface area contributed by atoms with Crippen LogP contribution in [0.5, 0.6) is 5.75 Å². The van der Waals surface area contributed by atoms with Gasteiger partial charge in [0.1, 0.15) is 5.75 Å². The van der Waals surface area contributed by atoms with Crippen LogP contribution in [0, 0.1) is 5.92 Å². The van der Waals surface area contributed by atoms with Crippen LogP contribution in [0.4, 0.5) is 0 Å². The van der Waals surface area contributed by atoms with Crippen molar-refractivity contribution in [3.8, 4) is 5.75 Å². The van der Waals surface area contributed by atoms with E-state index in [1.54, 1.807) is 24.3 Å². The second-order valence-corrected chi connectivity index (χ2v) is 3.72. The van der Waals surface area contributed by atoms with E-state index in [1.807, 2.05) is 19.9 Å². The summed E-state index contributed by atoms with van der Waals surface area (Å²) in [6.07, 6.45) is 0.228. The number of para-hydroxylation sites is 1. The van der Waals surface area contributed by atoms with Crippen molar-refractivity contribution in [1.29, 1.82) is 0 Å². The van der Waals surface area contributed by atoms with Crippen molar-refractivity contribution in [2.45, 2.75) is 20.3 Å². The Hall–Kier alpha value is -1.64. The molecular weight excluding hydrogens is 192 g/mol. The first-order chi connectivity index (χ1) is 7.09. The predicted molar refractivity (Wildman–Crippen MR) is 56.5 cm³/mol. The molecule has 0 heterocycles. The molecule has 0 saturated carbocycles. The molecule has 1 aromatic rings. The van der Waals surface area contributed by atoms with Crippen LogP contribution in [0.15, 0.2) is 30.3 Å². The van der Waals surface area contributed by atoms with E-state index in [9.17, 15) is 9.59 Å². The van der Waals surface area contributed by atoms with Crippen molar-refractivity contribution >= 4 is 11.8 Å². The molecule has 0 aliphatic carbocycles. The Morgan fingerprint density at radius 3 is 2.33 bits per heavy atom. The molecule has 80 valence electrons. The van der Waals surface area contributed by atoms with Crippen molar-refractivity contribution in [1.82, 2.24) is 0 Å². The maximum Gasteiger partial charge on any atom is 0.379 e.